The minimum Gasteiger partial charge on any atom is -0.462 e. The fourth-order valence-corrected chi connectivity index (χ4v) is 7.49. The first kappa shape index (κ1) is 62.6. The third-order valence-electron chi connectivity index (χ3n) is 11.6. The maximum atomic E-state index is 12.8. The average molecular weight is 919 g/mol. The second-order valence-corrected chi connectivity index (χ2v) is 18.1. The van der Waals surface area contributed by atoms with Crippen LogP contribution in [0, 0.1) is 0 Å². The molecule has 0 saturated heterocycles. The summed E-state index contributed by atoms with van der Waals surface area (Å²) in [6.07, 6.45) is 69.9. The summed E-state index contributed by atoms with van der Waals surface area (Å²) >= 11 is 0. The molecule has 0 spiro atoms. The molecule has 0 heterocycles. The van der Waals surface area contributed by atoms with Crippen LogP contribution in [-0.2, 0) is 28.6 Å². The van der Waals surface area contributed by atoms with Gasteiger partial charge in [-0.15, -0.1) is 0 Å². The maximum Gasteiger partial charge on any atom is 0.306 e. The van der Waals surface area contributed by atoms with E-state index in [0.29, 0.717) is 19.3 Å². The normalized spacial score (nSPS) is 12.7. The van der Waals surface area contributed by atoms with Crippen molar-refractivity contribution in [2.45, 2.75) is 264 Å². The largest absolute Gasteiger partial charge is 0.462 e. The Bertz CT molecular complexity index is 1290. The predicted octanol–water partition coefficient (Wildman–Crippen LogP) is 18.4. The SMILES string of the molecule is CC/C=C\C/C=C\C/C=C\C/C=C\C/C=C\CCCCCC(=O)OCC(COC(=O)CCCCCCC/C=C\C/C=C\CCCC)OC(=O)CCCCCCCCCCCCCCCCC. The van der Waals surface area contributed by atoms with Gasteiger partial charge in [0.05, 0.1) is 0 Å². The van der Waals surface area contributed by atoms with E-state index >= 15 is 0 Å². The van der Waals surface area contributed by atoms with Crippen LogP contribution >= 0.6 is 0 Å². The first-order valence-electron chi connectivity index (χ1n) is 27.6. The molecule has 378 valence electrons. The van der Waals surface area contributed by atoms with Gasteiger partial charge in [0.2, 0.25) is 0 Å². The Morgan fingerprint density at radius 1 is 0.318 bits per heavy atom. The second kappa shape index (κ2) is 54.2. The van der Waals surface area contributed by atoms with Crippen LogP contribution in [0.15, 0.2) is 85.1 Å². The fraction of sp³-hybridized carbons (Fsp3) is 0.717. The van der Waals surface area contributed by atoms with E-state index in [-0.39, 0.29) is 31.1 Å². The van der Waals surface area contributed by atoms with Crippen LogP contribution in [0.3, 0.4) is 0 Å². The highest BCUT2D eigenvalue weighted by molar-refractivity contribution is 5.71. The Labute approximate surface area is 407 Å². The van der Waals surface area contributed by atoms with Crippen molar-refractivity contribution >= 4 is 17.9 Å². The van der Waals surface area contributed by atoms with Crippen LogP contribution in [0.5, 0.6) is 0 Å². The average Bonchev–Trinajstić information content (AvgIpc) is 3.31. The van der Waals surface area contributed by atoms with Gasteiger partial charge >= 0.3 is 17.9 Å². The highest BCUT2D eigenvalue weighted by Crippen LogP contribution is 2.15. The molecule has 6 nitrogen and oxygen atoms in total. The summed E-state index contributed by atoms with van der Waals surface area (Å²) in [5.74, 6) is -0.934. The van der Waals surface area contributed by atoms with Gasteiger partial charge in [-0.3, -0.25) is 14.4 Å². The summed E-state index contributed by atoms with van der Waals surface area (Å²) < 4.78 is 16.8. The number of carbonyl (C=O) groups excluding carboxylic acids is 3. The number of hydrogen-bond acceptors (Lipinski definition) is 6. The zero-order valence-corrected chi connectivity index (χ0v) is 43.2. The molecule has 0 aliphatic rings. The van der Waals surface area contributed by atoms with Crippen LogP contribution in [0.2, 0.25) is 0 Å². The molecule has 0 bridgehead atoms. The van der Waals surface area contributed by atoms with Gasteiger partial charge in [-0.2, -0.15) is 0 Å². The number of allylic oxidation sites excluding steroid dienone is 14. The monoisotopic (exact) mass is 919 g/mol. The van der Waals surface area contributed by atoms with Crippen LogP contribution < -0.4 is 0 Å². The molecule has 0 rings (SSSR count). The minimum absolute atomic E-state index is 0.0932. The van der Waals surface area contributed by atoms with Crippen molar-refractivity contribution < 1.29 is 28.6 Å². The molecule has 0 amide bonds. The third-order valence-corrected chi connectivity index (χ3v) is 11.6. The lowest BCUT2D eigenvalue weighted by atomic mass is 10.0. The van der Waals surface area contributed by atoms with E-state index in [0.717, 1.165) is 122 Å². The van der Waals surface area contributed by atoms with E-state index in [1.807, 2.05) is 0 Å². The molecule has 6 heteroatoms. The van der Waals surface area contributed by atoms with E-state index < -0.39 is 6.10 Å². The van der Waals surface area contributed by atoms with Crippen molar-refractivity contribution in [1.29, 1.82) is 0 Å². The fourth-order valence-electron chi connectivity index (χ4n) is 7.49. The van der Waals surface area contributed by atoms with Crippen LogP contribution in [-0.4, -0.2) is 37.2 Å². The van der Waals surface area contributed by atoms with Gasteiger partial charge in [0, 0.05) is 19.3 Å². The summed E-state index contributed by atoms with van der Waals surface area (Å²) in [6.45, 7) is 6.45. The van der Waals surface area contributed by atoms with E-state index in [2.05, 4.69) is 106 Å². The van der Waals surface area contributed by atoms with Gasteiger partial charge in [-0.05, 0) is 89.9 Å². The first-order valence-corrected chi connectivity index (χ1v) is 27.6. The Morgan fingerprint density at radius 2 is 0.606 bits per heavy atom. The number of unbranched alkanes of at least 4 members (excludes halogenated alkanes) is 24. The van der Waals surface area contributed by atoms with Crippen molar-refractivity contribution in [1.82, 2.24) is 0 Å². The first-order chi connectivity index (χ1) is 32.5. The Kier molecular flexibility index (Phi) is 51.4. The molecule has 0 aliphatic carbocycles. The molecule has 0 aromatic rings. The molecule has 0 saturated carbocycles. The van der Waals surface area contributed by atoms with E-state index in [4.69, 9.17) is 14.2 Å². The molecule has 66 heavy (non-hydrogen) atoms. The Morgan fingerprint density at radius 3 is 0.985 bits per heavy atom. The third kappa shape index (κ3) is 51.6. The summed E-state index contributed by atoms with van der Waals surface area (Å²) in [6, 6.07) is 0. The van der Waals surface area contributed by atoms with Crippen LogP contribution in [0.1, 0.15) is 258 Å². The van der Waals surface area contributed by atoms with Crippen molar-refractivity contribution in [2.24, 2.45) is 0 Å². The molecule has 0 radical (unpaired) electrons. The Hall–Kier alpha value is -3.41. The van der Waals surface area contributed by atoms with Crippen molar-refractivity contribution in [3.63, 3.8) is 0 Å². The highest BCUT2D eigenvalue weighted by Gasteiger charge is 2.19. The number of carbonyl (C=O) groups is 3. The zero-order chi connectivity index (χ0) is 47.9. The molecular formula is C60H102O6. The molecule has 1 unspecified atom stereocenters. The molecular weight excluding hydrogens is 817 g/mol. The smallest absolute Gasteiger partial charge is 0.306 e. The van der Waals surface area contributed by atoms with Crippen molar-refractivity contribution in [3.05, 3.63) is 85.1 Å². The van der Waals surface area contributed by atoms with E-state index in [9.17, 15) is 14.4 Å². The van der Waals surface area contributed by atoms with Gasteiger partial charge in [0.1, 0.15) is 13.2 Å². The lowest BCUT2D eigenvalue weighted by Crippen LogP contribution is -2.30. The van der Waals surface area contributed by atoms with Crippen LogP contribution in [0.4, 0.5) is 0 Å². The molecule has 0 aromatic carbocycles. The van der Waals surface area contributed by atoms with Gasteiger partial charge < -0.3 is 14.2 Å². The summed E-state index contributed by atoms with van der Waals surface area (Å²) in [4.78, 5) is 38.1. The quantitative estimate of drug-likeness (QED) is 0.0262. The van der Waals surface area contributed by atoms with Crippen molar-refractivity contribution in [2.75, 3.05) is 13.2 Å². The van der Waals surface area contributed by atoms with Crippen LogP contribution in [0.25, 0.3) is 0 Å². The standard InChI is InChI=1S/C60H102O6/c1-4-7-10-13-16-19-22-25-28-29-30-31-33-35-38-41-44-47-50-53-59(62)65-56-57(55-64-58(61)52-49-46-43-40-37-34-27-24-21-18-15-12-9-6-3)66-60(63)54-51-48-45-42-39-36-32-26-23-20-17-14-11-8-5-2/h7,10,15-16,18-19,24-25,27-28,30-31,35,38,57H,4-6,8-9,11-14,17,20-23,26,29,32-34,36-37,39-56H2,1-3H3/b10-7-,18-15-,19-16-,27-24-,28-25-,31-30-,38-35-. The van der Waals surface area contributed by atoms with Gasteiger partial charge in [-0.25, -0.2) is 0 Å². The zero-order valence-electron chi connectivity index (χ0n) is 43.2. The number of hydrogen-bond donors (Lipinski definition) is 0. The summed E-state index contributed by atoms with van der Waals surface area (Å²) in [7, 11) is 0. The maximum absolute atomic E-state index is 12.8. The highest BCUT2D eigenvalue weighted by atomic mass is 16.6. The lowest BCUT2D eigenvalue weighted by molar-refractivity contribution is -0.167. The molecule has 1 atom stereocenters. The number of ether oxygens (including phenoxy) is 3. The second-order valence-electron chi connectivity index (χ2n) is 18.1. The van der Waals surface area contributed by atoms with Crippen molar-refractivity contribution in [3.8, 4) is 0 Å². The van der Waals surface area contributed by atoms with Gasteiger partial charge in [0.15, 0.2) is 6.10 Å². The topological polar surface area (TPSA) is 78.9 Å². The minimum atomic E-state index is -0.794. The molecule has 0 aromatic heterocycles. The molecule has 0 aliphatic heterocycles. The summed E-state index contributed by atoms with van der Waals surface area (Å²) in [5.41, 5.74) is 0. The lowest BCUT2D eigenvalue weighted by Gasteiger charge is -2.18. The number of rotatable bonds is 49. The predicted molar refractivity (Wildman–Crippen MR) is 284 cm³/mol. The van der Waals surface area contributed by atoms with Gasteiger partial charge in [-0.1, -0.05) is 234 Å². The van der Waals surface area contributed by atoms with Gasteiger partial charge in [0.25, 0.3) is 0 Å². The Balaban J connectivity index is 4.45. The van der Waals surface area contributed by atoms with E-state index in [1.165, 1.54) is 96.3 Å². The molecule has 0 fully saturated rings. The van der Waals surface area contributed by atoms with E-state index in [1.54, 1.807) is 0 Å². The molecule has 0 N–H and O–H groups in total. The summed E-state index contributed by atoms with van der Waals surface area (Å²) in [5, 5.41) is 0. The number of esters is 3.